The van der Waals surface area contributed by atoms with Crippen LogP contribution in [-0.4, -0.2) is 28.4 Å². The summed E-state index contributed by atoms with van der Waals surface area (Å²) >= 11 is 0. The number of methoxy groups -OCH3 is 1. The maximum atomic E-state index is 12.5. The Labute approximate surface area is 151 Å². The number of carbonyl (C=O) groups excluding carboxylic acids is 1. The molecule has 26 heavy (non-hydrogen) atoms. The van der Waals surface area contributed by atoms with Crippen LogP contribution in [0.15, 0.2) is 60.0 Å². The van der Waals surface area contributed by atoms with Gasteiger partial charge in [0.05, 0.1) is 25.3 Å². The molecule has 6 nitrogen and oxygen atoms in total. The Kier molecular flexibility index (Phi) is 4.01. The molecule has 130 valence electrons. The topological polar surface area (TPSA) is 68.5 Å². The van der Waals surface area contributed by atoms with Crippen LogP contribution in [0.25, 0.3) is 11.1 Å². The van der Waals surface area contributed by atoms with E-state index in [1.807, 2.05) is 42.5 Å². The molecule has 0 bridgehead atoms. The van der Waals surface area contributed by atoms with E-state index < -0.39 is 0 Å². The summed E-state index contributed by atoms with van der Waals surface area (Å²) in [6, 6.07) is 14.0. The number of nitrogens with zero attached hydrogens (tertiary/aromatic N) is 3. The van der Waals surface area contributed by atoms with Gasteiger partial charge < -0.3 is 14.6 Å². The van der Waals surface area contributed by atoms with E-state index in [1.165, 1.54) is 6.20 Å². The monoisotopic (exact) mass is 346 g/mol. The van der Waals surface area contributed by atoms with Gasteiger partial charge in [0.15, 0.2) is 0 Å². The number of carbonyl (C=O) groups is 1. The minimum Gasteiger partial charge on any atom is -0.496 e. The molecule has 6 heteroatoms. The molecule has 1 aliphatic rings. The molecule has 1 aromatic heterocycles. The first-order chi connectivity index (χ1) is 12.7. The highest BCUT2D eigenvalue weighted by molar-refractivity contribution is 6.09. The average molecular weight is 346 g/mol. The molecule has 3 aromatic rings. The number of aliphatic imine (C=N–C) groups is 1. The number of ether oxygens (including phenoxy) is 1. The fraction of sp³-hybridized carbons (Fsp3) is 0.150. The number of hydrogen-bond donors (Lipinski definition) is 1. The van der Waals surface area contributed by atoms with Gasteiger partial charge in [-0.1, -0.05) is 30.3 Å². The van der Waals surface area contributed by atoms with E-state index in [-0.39, 0.29) is 5.91 Å². The molecule has 4 rings (SSSR count). The van der Waals surface area contributed by atoms with Crippen molar-refractivity contribution in [3.8, 4) is 16.9 Å². The van der Waals surface area contributed by atoms with Gasteiger partial charge in [-0.3, -0.25) is 4.79 Å². The van der Waals surface area contributed by atoms with Crippen LogP contribution in [0.5, 0.6) is 5.75 Å². The molecule has 0 saturated carbocycles. The average Bonchev–Trinajstić information content (AvgIpc) is 3.27. The molecule has 0 saturated heterocycles. The highest BCUT2D eigenvalue weighted by atomic mass is 16.5. The van der Waals surface area contributed by atoms with Crippen molar-refractivity contribution in [1.29, 1.82) is 0 Å². The Balaban J connectivity index is 1.70. The van der Waals surface area contributed by atoms with Gasteiger partial charge in [0.25, 0.3) is 5.91 Å². The van der Waals surface area contributed by atoms with Crippen LogP contribution in [0, 0.1) is 0 Å². The number of benzene rings is 2. The van der Waals surface area contributed by atoms with E-state index >= 15 is 0 Å². The smallest absolute Gasteiger partial charge is 0.274 e. The second-order valence-corrected chi connectivity index (χ2v) is 6.09. The lowest BCUT2D eigenvalue weighted by molar-refractivity contribution is 0.0968. The lowest BCUT2D eigenvalue weighted by Crippen LogP contribution is -2.31. The number of amides is 1. The van der Waals surface area contributed by atoms with Crippen LogP contribution < -0.4 is 10.1 Å². The van der Waals surface area contributed by atoms with E-state index in [0.717, 1.165) is 28.1 Å². The SMILES string of the molecule is COc1ccc(-c2ccccc2)c2c1CC(NC(=O)c1cncn1C)=N2. The van der Waals surface area contributed by atoms with Gasteiger partial charge in [-0.2, -0.15) is 0 Å². The van der Waals surface area contributed by atoms with Gasteiger partial charge in [0.2, 0.25) is 0 Å². The summed E-state index contributed by atoms with van der Waals surface area (Å²) in [6.45, 7) is 0. The van der Waals surface area contributed by atoms with Crippen molar-refractivity contribution >= 4 is 17.4 Å². The summed E-state index contributed by atoms with van der Waals surface area (Å²) in [5.74, 6) is 1.15. The number of rotatable bonds is 3. The van der Waals surface area contributed by atoms with Crippen molar-refractivity contribution in [3.63, 3.8) is 0 Å². The third kappa shape index (κ3) is 2.75. The molecule has 2 aromatic carbocycles. The highest BCUT2D eigenvalue weighted by Gasteiger charge is 2.24. The molecule has 1 N–H and O–H groups in total. The zero-order chi connectivity index (χ0) is 18.1. The van der Waals surface area contributed by atoms with Crippen LogP contribution >= 0.6 is 0 Å². The summed E-state index contributed by atoms with van der Waals surface area (Å²) in [6.07, 6.45) is 3.65. The first-order valence-electron chi connectivity index (χ1n) is 8.28. The Bertz CT molecular complexity index is 1010. The van der Waals surface area contributed by atoms with Crippen LogP contribution in [0.1, 0.15) is 16.1 Å². The van der Waals surface area contributed by atoms with Crippen molar-refractivity contribution < 1.29 is 9.53 Å². The second-order valence-electron chi connectivity index (χ2n) is 6.09. The van der Waals surface area contributed by atoms with E-state index in [4.69, 9.17) is 9.73 Å². The van der Waals surface area contributed by atoms with Gasteiger partial charge in [0.1, 0.15) is 17.3 Å². The van der Waals surface area contributed by atoms with E-state index in [2.05, 4.69) is 10.3 Å². The second kappa shape index (κ2) is 6.48. The first kappa shape index (κ1) is 16.1. The summed E-state index contributed by atoms with van der Waals surface area (Å²) in [4.78, 5) is 21.1. The van der Waals surface area contributed by atoms with Crippen LogP contribution in [-0.2, 0) is 13.5 Å². The number of aromatic nitrogens is 2. The molecule has 0 unspecified atom stereocenters. The number of aryl methyl sites for hydroxylation is 1. The van der Waals surface area contributed by atoms with Crippen molar-refractivity contribution in [2.75, 3.05) is 7.11 Å². The Hall–Kier alpha value is -3.41. The number of fused-ring (bicyclic) bond motifs is 1. The van der Waals surface area contributed by atoms with Crippen molar-refractivity contribution in [2.24, 2.45) is 12.0 Å². The van der Waals surface area contributed by atoms with Gasteiger partial charge >= 0.3 is 0 Å². The third-order valence-corrected chi connectivity index (χ3v) is 4.44. The molecular formula is C20H18N4O2. The standard InChI is InChI=1S/C20H18N4O2/c1-24-12-21-11-16(24)20(25)23-18-10-15-17(26-2)9-8-14(19(15)22-18)13-6-4-3-5-7-13/h3-9,11-12H,10H2,1-2H3,(H,22,23,25). The van der Waals surface area contributed by atoms with Crippen molar-refractivity contribution in [1.82, 2.24) is 14.9 Å². The van der Waals surface area contributed by atoms with Crippen molar-refractivity contribution in [3.05, 3.63) is 66.2 Å². The number of hydrogen-bond acceptors (Lipinski definition) is 4. The molecule has 2 heterocycles. The van der Waals surface area contributed by atoms with E-state index in [0.29, 0.717) is 18.0 Å². The summed E-state index contributed by atoms with van der Waals surface area (Å²) < 4.78 is 7.17. The molecule has 1 amide bonds. The van der Waals surface area contributed by atoms with Crippen LogP contribution in [0.4, 0.5) is 5.69 Å². The lowest BCUT2D eigenvalue weighted by atomic mass is 9.99. The quantitative estimate of drug-likeness (QED) is 0.792. The zero-order valence-electron chi connectivity index (χ0n) is 14.6. The molecule has 0 aliphatic carbocycles. The van der Waals surface area contributed by atoms with Gasteiger partial charge in [-0.15, -0.1) is 0 Å². The number of imidazole rings is 1. The van der Waals surface area contributed by atoms with Gasteiger partial charge in [-0.25, -0.2) is 9.98 Å². The largest absolute Gasteiger partial charge is 0.496 e. The zero-order valence-corrected chi connectivity index (χ0v) is 14.6. The predicted molar refractivity (Wildman–Crippen MR) is 99.9 cm³/mol. The summed E-state index contributed by atoms with van der Waals surface area (Å²) in [5.41, 5.74) is 4.41. The predicted octanol–water partition coefficient (Wildman–Crippen LogP) is 3.11. The normalized spacial score (nSPS) is 12.5. The molecule has 0 atom stereocenters. The molecule has 1 aliphatic heterocycles. The molecule has 0 fully saturated rings. The van der Waals surface area contributed by atoms with E-state index in [9.17, 15) is 4.79 Å². The minimum absolute atomic E-state index is 0.225. The fourth-order valence-electron chi connectivity index (χ4n) is 3.14. The lowest BCUT2D eigenvalue weighted by Gasteiger charge is -2.10. The maximum Gasteiger partial charge on any atom is 0.274 e. The minimum atomic E-state index is -0.225. The molecular weight excluding hydrogens is 328 g/mol. The van der Waals surface area contributed by atoms with Gasteiger partial charge in [-0.05, 0) is 17.7 Å². The first-order valence-corrected chi connectivity index (χ1v) is 8.28. The van der Waals surface area contributed by atoms with E-state index in [1.54, 1.807) is 25.1 Å². The number of amidine groups is 1. The highest BCUT2D eigenvalue weighted by Crippen LogP contribution is 2.41. The Morgan fingerprint density at radius 1 is 1.19 bits per heavy atom. The fourth-order valence-corrected chi connectivity index (χ4v) is 3.14. The Morgan fingerprint density at radius 2 is 2.00 bits per heavy atom. The Morgan fingerprint density at radius 3 is 2.69 bits per heavy atom. The van der Waals surface area contributed by atoms with Crippen LogP contribution in [0.3, 0.4) is 0 Å². The molecule has 0 spiro atoms. The third-order valence-electron chi connectivity index (χ3n) is 4.44. The van der Waals surface area contributed by atoms with Gasteiger partial charge in [0, 0.05) is 24.6 Å². The molecule has 0 radical (unpaired) electrons. The maximum absolute atomic E-state index is 12.5. The summed E-state index contributed by atoms with van der Waals surface area (Å²) in [7, 11) is 3.42. The van der Waals surface area contributed by atoms with Crippen molar-refractivity contribution in [2.45, 2.75) is 6.42 Å². The summed E-state index contributed by atoms with van der Waals surface area (Å²) in [5, 5.41) is 2.89. The van der Waals surface area contributed by atoms with Crippen LogP contribution in [0.2, 0.25) is 0 Å². The number of nitrogens with one attached hydrogen (secondary N) is 1.